The van der Waals surface area contributed by atoms with E-state index in [-0.39, 0.29) is 24.9 Å². The fourth-order valence-electron chi connectivity index (χ4n) is 4.56. The average molecular weight is 490 g/mol. The fraction of sp³-hybridized carbons (Fsp3) is 0.167. The zero-order valence-corrected chi connectivity index (χ0v) is 19.5. The second-order valence-electron chi connectivity index (χ2n) is 8.07. The summed E-state index contributed by atoms with van der Waals surface area (Å²) in [7, 11) is 0. The molecule has 0 saturated heterocycles. The van der Waals surface area contributed by atoms with E-state index in [1.54, 1.807) is 27.5 Å². The number of nitrogens with zero attached hydrogens (tertiary/aromatic N) is 5. The zero-order valence-electron chi connectivity index (χ0n) is 17.9. The molecular formula is C24H19N5O3S2. The number of fused-ring (bicyclic) bond motifs is 3. The minimum atomic E-state index is -0.588. The molecule has 0 bridgehead atoms. The van der Waals surface area contributed by atoms with Crippen molar-refractivity contribution in [2.45, 2.75) is 23.2 Å². The van der Waals surface area contributed by atoms with Crippen LogP contribution in [-0.2, 0) is 12.3 Å². The van der Waals surface area contributed by atoms with Gasteiger partial charge in [0.2, 0.25) is 5.43 Å². The molecule has 0 spiro atoms. The summed E-state index contributed by atoms with van der Waals surface area (Å²) in [5.74, 6) is -0.150. The Bertz CT molecular complexity index is 1410. The topological polar surface area (TPSA) is 91.6 Å². The Morgan fingerprint density at radius 3 is 2.65 bits per heavy atom. The predicted molar refractivity (Wildman–Crippen MR) is 130 cm³/mol. The highest BCUT2D eigenvalue weighted by molar-refractivity contribution is 7.98. The van der Waals surface area contributed by atoms with Crippen LogP contribution in [0, 0.1) is 0 Å². The molecule has 0 radical (unpaired) electrons. The van der Waals surface area contributed by atoms with E-state index in [0.717, 1.165) is 21.8 Å². The van der Waals surface area contributed by atoms with Crippen molar-refractivity contribution in [3.8, 4) is 5.75 Å². The highest BCUT2D eigenvalue weighted by Crippen LogP contribution is 2.42. The molecule has 1 amide bonds. The fourth-order valence-corrected chi connectivity index (χ4v) is 6.18. The number of aromatic nitrogens is 3. The Kier molecular flexibility index (Phi) is 5.11. The molecule has 0 aliphatic carbocycles. The molecule has 2 aromatic heterocycles. The van der Waals surface area contributed by atoms with Crippen molar-refractivity contribution < 1.29 is 9.90 Å². The number of aromatic hydroxyl groups is 1. The van der Waals surface area contributed by atoms with Crippen molar-refractivity contribution in [2.75, 3.05) is 11.7 Å². The number of amides is 1. The first-order valence-electron chi connectivity index (χ1n) is 10.7. The molecule has 4 aromatic rings. The number of pyridine rings is 1. The quantitative estimate of drug-likeness (QED) is 0.472. The lowest BCUT2D eigenvalue weighted by molar-refractivity contribution is 0.0664. The number of rotatable bonds is 3. The lowest BCUT2D eigenvalue weighted by Gasteiger charge is -2.44. The van der Waals surface area contributed by atoms with E-state index in [4.69, 9.17) is 0 Å². The largest absolute Gasteiger partial charge is 0.502 e. The molecule has 2 aliphatic rings. The third-order valence-corrected chi connectivity index (χ3v) is 7.90. The van der Waals surface area contributed by atoms with E-state index < -0.39 is 17.1 Å². The predicted octanol–water partition coefficient (Wildman–Crippen LogP) is 3.35. The summed E-state index contributed by atoms with van der Waals surface area (Å²) in [6.07, 6.45) is 3.03. The maximum absolute atomic E-state index is 13.4. The first-order chi connectivity index (χ1) is 16.6. The van der Waals surface area contributed by atoms with Gasteiger partial charge in [-0.2, -0.15) is 4.37 Å². The Balaban J connectivity index is 1.57. The van der Waals surface area contributed by atoms with Gasteiger partial charge in [0.25, 0.3) is 5.91 Å². The van der Waals surface area contributed by atoms with Gasteiger partial charge in [-0.25, -0.2) is 4.98 Å². The van der Waals surface area contributed by atoms with Crippen molar-refractivity contribution in [1.29, 1.82) is 0 Å². The van der Waals surface area contributed by atoms with E-state index >= 15 is 0 Å². The van der Waals surface area contributed by atoms with Gasteiger partial charge in [0.1, 0.15) is 18.0 Å². The smallest absolute Gasteiger partial charge is 0.278 e. The van der Waals surface area contributed by atoms with Crippen LogP contribution in [0.5, 0.6) is 5.75 Å². The third-order valence-electron chi connectivity index (χ3n) is 6.11. The van der Waals surface area contributed by atoms with Crippen LogP contribution in [-0.4, -0.2) is 36.6 Å². The lowest BCUT2D eigenvalue weighted by atomic mass is 9.94. The summed E-state index contributed by atoms with van der Waals surface area (Å²) in [4.78, 5) is 32.7. The van der Waals surface area contributed by atoms with Crippen molar-refractivity contribution in [3.63, 3.8) is 0 Å². The molecule has 10 heteroatoms. The number of benzene rings is 2. The van der Waals surface area contributed by atoms with Gasteiger partial charge in [0.15, 0.2) is 11.4 Å². The minimum Gasteiger partial charge on any atom is -0.502 e. The Labute approximate surface area is 203 Å². The molecule has 0 saturated carbocycles. The van der Waals surface area contributed by atoms with Gasteiger partial charge in [-0.05, 0) is 34.3 Å². The van der Waals surface area contributed by atoms with E-state index in [2.05, 4.69) is 33.6 Å². The van der Waals surface area contributed by atoms with Crippen molar-refractivity contribution >= 4 is 29.2 Å². The first-order valence-corrected chi connectivity index (χ1v) is 12.4. The molecular weight excluding hydrogens is 470 g/mol. The molecule has 4 heterocycles. The SMILES string of the molecule is O=C1c2c(O)c(=O)ccn2N(C2c3ccccc3CSc3ccccc32)CN1Cc1ncns1. The van der Waals surface area contributed by atoms with Crippen LogP contribution in [0.3, 0.4) is 0 Å². The molecule has 0 fully saturated rings. The molecule has 2 aromatic carbocycles. The van der Waals surface area contributed by atoms with Crippen LogP contribution < -0.4 is 10.4 Å². The zero-order chi connectivity index (χ0) is 23.2. The number of hydrogen-bond donors (Lipinski definition) is 1. The average Bonchev–Trinajstić information content (AvgIpc) is 3.31. The summed E-state index contributed by atoms with van der Waals surface area (Å²) in [5.41, 5.74) is 2.79. The first kappa shape index (κ1) is 20.9. The maximum atomic E-state index is 13.4. The molecule has 6 rings (SSSR count). The number of carbonyl (C=O) groups excluding carboxylic acids is 1. The number of hydrogen-bond acceptors (Lipinski definition) is 8. The van der Waals surface area contributed by atoms with Crippen molar-refractivity contribution in [3.05, 3.63) is 105 Å². The Morgan fingerprint density at radius 1 is 1.03 bits per heavy atom. The Morgan fingerprint density at radius 2 is 1.82 bits per heavy atom. The second kappa shape index (κ2) is 8.30. The molecule has 1 unspecified atom stereocenters. The van der Waals surface area contributed by atoms with Gasteiger partial charge in [-0.15, -0.1) is 11.8 Å². The highest BCUT2D eigenvalue weighted by atomic mass is 32.2. The molecule has 1 atom stereocenters. The van der Waals surface area contributed by atoms with E-state index in [1.165, 1.54) is 29.5 Å². The van der Waals surface area contributed by atoms with Gasteiger partial charge < -0.3 is 10.0 Å². The standard InChI is InChI=1S/C24H19N5O3S2/c30-18-9-10-28-22(23(18)31)24(32)27(11-20-25-13-26-34-20)14-29(28)21-16-6-2-1-5-15(16)12-33-19-8-4-3-7-17(19)21/h1-10,13,21,31H,11-12,14H2. The summed E-state index contributed by atoms with van der Waals surface area (Å²) in [5, 5.41) is 13.4. The third kappa shape index (κ3) is 3.37. The molecule has 34 heavy (non-hydrogen) atoms. The normalized spacial score (nSPS) is 17.1. The van der Waals surface area contributed by atoms with Crippen LogP contribution in [0.15, 0.2) is 76.8 Å². The molecule has 2 aliphatic heterocycles. The molecule has 8 nitrogen and oxygen atoms in total. The van der Waals surface area contributed by atoms with E-state index in [1.807, 2.05) is 29.3 Å². The van der Waals surface area contributed by atoms with Crippen LogP contribution in [0.2, 0.25) is 0 Å². The summed E-state index contributed by atoms with van der Waals surface area (Å²) in [6.45, 7) is 0.471. The summed E-state index contributed by atoms with van der Waals surface area (Å²) >= 11 is 3.00. The summed E-state index contributed by atoms with van der Waals surface area (Å²) < 4.78 is 5.67. The van der Waals surface area contributed by atoms with Crippen LogP contribution in [0.25, 0.3) is 0 Å². The van der Waals surface area contributed by atoms with Gasteiger partial charge >= 0.3 is 0 Å². The van der Waals surface area contributed by atoms with E-state index in [9.17, 15) is 14.7 Å². The van der Waals surface area contributed by atoms with Gasteiger partial charge in [-0.3, -0.25) is 19.3 Å². The van der Waals surface area contributed by atoms with Gasteiger partial charge in [0, 0.05) is 22.9 Å². The summed E-state index contributed by atoms with van der Waals surface area (Å²) in [6, 6.07) is 17.6. The van der Waals surface area contributed by atoms with Gasteiger partial charge in [0.05, 0.1) is 12.6 Å². The van der Waals surface area contributed by atoms with Crippen LogP contribution in [0.4, 0.5) is 0 Å². The van der Waals surface area contributed by atoms with Crippen molar-refractivity contribution in [1.82, 2.24) is 18.9 Å². The van der Waals surface area contributed by atoms with Crippen LogP contribution in [0.1, 0.15) is 38.2 Å². The van der Waals surface area contributed by atoms with Gasteiger partial charge in [-0.1, -0.05) is 42.5 Å². The second-order valence-corrected chi connectivity index (χ2v) is 9.95. The highest BCUT2D eigenvalue weighted by Gasteiger charge is 2.38. The lowest BCUT2D eigenvalue weighted by Crippen LogP contribution is -2.55. The molecule has 1 N–H and O–H groups in total. The number of thioether (sulfide) groups is 1. The Hall–Kier alpha value is -3.63. The molecule has 170 valence electrons. The minimum absolute atomic E-state index is 0.0462. The van der Waals surface area contributed by atoms with Crippen LogP contribution >= 0.6 is 23.3 Å². The monoisotopic (exact) mass is 489 g/mol. The number of carbonyl (C=O) groups is 1. The van der Waals surface area contributed by atoms with Crippen molar-refractivity contribution in [2.24, 2.45) is 0 Å². The maximum Gasteiger partial charge on any atom is 0.278 e. The van der Waals surface area contributed by atoms with E-state index in [0.29, 0.717) is 5.01 Å².